The SMILES string of the molecule is COC(=O)c1cc2c(OC)ccc(Br)c2n1C. The number of carbonyl (C=O) groups excluding carboxylic acids is 1. The van der Waals surface area contributed by atoms with E-state index in [2.05, 4.69) is 15.9 Å². The van der Waals surface area contributed by atoms with Gasteiger partial charge in [-0.15, -0.1) is 0 Å². The lowest BCUT2D eigenvalue weighted by Crippen LogP contribution is -2.07. The topological polar surface area (TPSA) is 40.5 Å². The van der Waals surface area contributed by atoms with Crippen LogP contribution in [-0.2, 0) is 11.8 Å². The number of benzene rings is 1. The minimum absolute atomic E-state index is 0.363. The molecule has 0 unspecified atom stereocenters. The van der Waals surface area contributed by atoms with Crippen molar-refractivity contribution in [3.8, 4) is 5.75 Å². The van der Waals surface area contributed by atoms with Gasteiger partial charge in [-0.1, -0.05) is 0 Å². The summed E-state index contributed by atoms with van der Waals surface area (Å²) in [5.74, 6) is 0.367. The number of halogens is 1. The summed E-state index contributed by atoms with van der Waals surface area (Å²) >= 11 is 3.47. The Kier molecular flexibility index (Phi) is 3.11. The highest BCUT2D eigenvalue weighted by atomic mass is 79.9. The fourth-order valence-electron chi connectivity index (χ4n) is 1.88. The summed E-state index contributed by atoms with van der Waals surface area (Å²) in [5.41, 5.74) is 1.40. The minimum Gasteiger partial charge on any atom is -0.496 e. The molecule has 1 heterocycles. The molecule has 0 radical (unpaired) electrons. The van der Waals surface area contributed by atoms with E-state index >= 15 is 0 Å². The zero-order valence-electron chi connectivity index (χ0n) is 9.78. The fraction of sp³-hybridized carbons (Fsp3) is 0.250. The van der Waals surface area contributed by atoms with Crippen LogP contribution in [0.3, 0.4) is 0 Å². The highest BCUT2D eigenvalue weighted by Crippen LogP contribution is 2.33. The highest BCUT2D eigenvalue weighted by molar-refractivity contribution is 9.10. The lowest BCUT2D eigenvalue weighted by atomic mass is 10.2. The number of esters is 1. The second-order valence-corrected chi connectivity index (χ2v) is 4.45. The van der Waals surface area contributed by atoms with E-state index in [0.717, 1.165) is 21.1 Å². The first-order valence-electron chi connectivity index (χ1n) is 5.00. The van der Waals surface area contributed by atoms with E-state index in [1.807, 2.05) is 19.2 Å². The van der Waals surface area contributed by atoms with E-state index in [4.69, 9.17) is 9.47 Å². The molecule has 0 atom stereocenters. The minimum atomic E-state index is -0.363. The van der Waals surface area contributed by atoms with Gasteiger partial charge in [0.25, 0.3) is 0 Å². The number of aryl methyl sites for hydroxylation is 1. The number of aromatic nitrogens is 1. The van der Waals surface area contributed by atoms with Gasteiger partial charge in [0.15, 0.2) is 0 Å². The van der Waals surface area contributed by atoms with Crippen molar-refractivity contribution in [2.75, 3.05) is 14.2 Å². The molecule has 2 rings (SSSR count). The molecule has 0 amide bonds. The van der Waals surface area contributed by atoms with Gasteiger partial charge in [-0.05, 0) is 34.1 Å². The molecule has 2 aromatic rings. The molecule has 90 valence electrons. The second-order valence-electron chi connectivity index (χ2n) is 3.59. The van der Waals surface area contributed by atoms with Gasteiger partial charge < -0.3 is 14.0 Å². The molecule has 4 nitrogen and oxygen atoms in total. The van der Waals surface area contributed by atoms with Crippen LogP contribution in [0.5, 0.6) is 5.75 Å². The number of rotatable bonds is 2. The maximum absolute atomic E-state index is 11.6. The van der Waals surface area contributed by atoms with Gasteiger partial charge in [-0.2, -0.15) is 0 Å². The number of carbonyl (C=O) groups is 1. The Morgan fingerprint density at radius 2 is 2.06 bits per heavy atom. The molecular weight excluding hydrogens is 286 g/mol. The molecule has 0 saturated carbocycles. The standard InChI is InChI=1S/C12H12BrNO3/c1-14-9(12(15)17-3)6-7-10(16-2)5-4-8(13)11(7)14/h4-6H,1-3H3. The molecule has 0 aliphatic heterocycles. The van der Waals surface area contributed by atoms with E-state index in [-0.39, 0.29) is 5.97 Å². The Hall–Kier alpha value is -1.49. The quantitative estimate of drug-likeness (QED) is 0.800. The van der Waals surface area contributed by atoms with Gasteiger partial charge in [0.2, 0.25) is 0 Å². The summed E-state index contributed by atoms with van der Waals surface area (Å²) in [6, 6.07) is 5.51. The van der Waals surface area contributed by atoms with Crippen molar-refractivity contribution >= 4 is 32.8 Å². The molecule has 0 aliphatic carbocycles. The molecule has 0 fully saturated rings. The fourth-order valence-corrected chi connectivity index (χ4v) is 2.49. The Labute approximate surface area is 107 Å². The third-order valence-electron chi connectivity index (χ3n) is 2.72. The molecule has 17 heavy (non-hydrogen) atoms. The first kappa shape index (κ1) is 12.0. The predicted molar refractivity (Wildman–Crippen MR) is 68.5 cm³/mol. The number of fused-ring (bicyclic) bond motifs is 1. The van der Waals surface area contributed by atoms with Crippen LogP contribution in [0.4, 0.5) is 0 Å². The van der Waals surface area contributed by atoms with Crippen molar-refractivity contribution in [2.45, 2.75) is 0 Å². The Balaban J connectivity index is 2.80. The van der Waals surface area contributed by atoms with Crippen molar-refractivity contribution in [1.29, 1.82) is 0 Å². The van der Waals surface area contributed by atoms with Crippen molar-refractivity contribution < 1.29 is 14.3 Å². The maximum Gasteiger partial charge on any atom is 0.354 e. The van der Waals surface area contributed by atoms with Gasteiger partial charge >= 0.3 is 5.97 Å². The van der Waals surface area contributed by atoms with E-state index in [1.165, 1.54) is 7.11 Å². The number of hydrogen-bond acceptors (Lipinski definition) is 3. The van der Waals surface area contributed by atoms with Crippen molar-refractivity contribution in [3.05, 3.63) is 28.4 Å². The average molecular weight is 298 g/mol. The largest absolute Gasteiger partial charge is 0.496 e. The summed E-state index contributed by atoms with van der Waals surface area (Å²) < 4.78 is 12.7. The summed E-state index contributed by atoms with van der Waals surface area (Å²) in [5, 5.41) is 0.879. The number of methoxy groups -OCH3 is 2. The van der Waals surface area contributed by atoms with Crippen LogP contribution >= 0.6 is 15.9 Å². The highest BCUT2D eigenvalue weighted by Gasteiger charge is 2.17. The molecule has 0 bridgehead atoms. The molecule has 0 N–H and O–H groups in total. The van der Waals surface area contributed by atoms with Crippen molar-refractivity contribution in [3.63, 3.8) is 0 Å². The van der Waals surface area contributed by atoms with Gasteiger partial charge in [0, 0.05) is 16.9 Å². The summed E-state index contributed by atoms with van der Waals surface area (Å²) in [6.07, 6.45) is 0. The van der Waals surface area contributed by atoms with E-state index in [0.29, 0.717) is 5.69 Å². The van der Waals surface area contributed by atoms with Crippen LogP contribution in [0.1, 0.15) is 10.5 Å². The molecule has 0 spiro atoms. The van der Waals surface area contributed by atoms with Gasteiger partial charge in [0.1, 0.15) is 11.4 Å². The molecule has 1 aromatic heterocycles. The molecular formula is C12H12BrNO3. The smallest absolute Gasteiger partial charge is 0.354 e. The third kappa shape index (κ3) is 1.80. The Morgan fingerprint density at radius 3 is 2.65 bits per heavy atom. The van der Waals surface area contributed by atoms with Crippen molar-refractivity contribution in [1.82, 2.24) is 4.57 Å². The predicted octanol–water partition coefficient (Wildman–Crippen LogP) is 2.74. The summed E-state index contributed by atoms with van der Waals surface area (Å²) in [6.45, 7) is 0. The summed E-state index contributed by atoms with van der Waals surface area (Å²) in [4.78, 5) is 11.6. The maximum atomic E-state index is 11.6. The Bertz CT molecular complexity index is 589. The second kappa shape index (κ2) is 4.41. The molecule has 1 aromatic carbocycles. The molecule has 0 aliphatic rings. The van der Waals surface area contributed by atoms with Gasteiger partial charge in [-0.3, -0.25) is 0 Å². The zero-order chi connectivity index (χ0) is 12.6. The van der Waals surface area contributed by atoms with E-state index in [9.17, 15) is 4.79 Å². The van der Waals surface area contributed by atoms with Crippen LogP contribution in [0.25, 0.3) is 10.9 Å². The van der Waals surface area contributed by atoms with Crippen LogP contribution in [0.15, 0.2) is 22.7 Å². The number of hydrogen-bond donors (Lipinski definition) is 0. The molecule has 5 heteroatoms. The average Bonchev–Trinajstić information content (AvgIpc) is 2.68. The van der Waals surface area contributed by atoms with Crippen LogP contribution in [-0.4, -0.2) is 24.8 Å². The number of nitrogens with zero attached hydrogens (tertiary/aromatic N) is 1. The lowest BCUT2D eigenvalue weighted by Gasteiger charge is -2.05. The zero-order valence-corrected chi connectivity index (χ0v) is 11.4. The molecule has 0 saturated heterocycles. The van der Waals surface area contributed by atoms with Crippen molar-refractivity contribution in [2.24, 2.45) is 7.05 Å². The van der Waals surface area contributed by atoms with Gasteiger partial charge in [-0.25, -0.2) is 4.79 Å². The van der Waals surface area contributed by atoms with E-state index in [1.54, 1.807) is 17.7 Å². The van der Waals surface area contributed by atoms with Gasteiger partial charge in [0.05, 0.1) is 19.7 Å². The first-order valence-corrected chi connectivity index (χ1v) is 5.79. The third-order valence-corrected chi connectivity index (χ3v) is 3.36. The van der Waals surface area contributed by atoms with E-state index < -0.39 is 0 Å². The van der Waals surface area contributed by atoms with Crippen LogP contribution < -0.4 is 4.74 Å². The summed E-state index contributed by atoms with van der Waals surface area (Å²) in [7, 11) is 4.79. The van der Waals surface area contributed by atoms with Crippen LogP contribution in [0, 0.1) is 0 Å². The van der Waals surface area contributed by atoms with Crippen LogP contribution in [0.2, 0.25) is 0 Å². The monoisotopic (exact) mass is 297 g/mol. The normalized spacial score (nSPS) is 10.6. The lowest BCUT2D eigenvalue weighted by molar-refractivity contribution is 0.0590. The first-order chi connectivity index (χ1) is 8.10. The number of ether oxygens (including phenoxy) is 2. The Morgan fingerprint density at radius 1 is 1.35 bits per heavy atom.